The molecule has 18 heavy (non-hydrogen) atoms. The maximum Gasteiger partial charge on any atom is 0.162 e. The third kappa shape index (κ3) is 2.60. The summed E-state index contributed by atoms with van der Waals surface area (Å²) >= 11 is 0. The first-order chi connectivity index (χ1) is 8.72. The number of benzene rings is 1. The van der Waals surface area contributed by atoms with Gasteiger partial charge in [-0.05, 0) is 13.0 Å². The molecule has 0 spiro atoms. The first-order valence-electron chi connectivity index (χ1n) is 5.66. The summed E-state index contributed by atoms with van der Waals surface area (Å²) in [7, 11) is 1.53. The number of para-hydroxylation sites is 1. The second kappa shape index (κ2) is 5.50. The van der Waals surface area contributed by atoms with Crippen molar-refractivity contribution in [2.75, 3.05) is 7.11 Å². The van der Waals surface area contributed by atoms with Crippen LogP contribution in [0.4, 0.5) is 0 Å². The van der Waals surface area contributed by atoms with Gasteiger partial charge < -0.3 is 15.2 Å². The zero-order chi connectivity index (χ0) is 13.0. The Labute approximate surface area is 105 Å². The molecule has 0 saturated heterocycles. The van der Waals surface area contributed by atoms with E-state index in [0.717, 1.165) is 11.4 Å². The lowest BCUT2D eigenvalue weighted by Gasteiger charge is -2.13. The molecule has 1 atom stereocenters. The third-order valence-corrected chi connectivity index (χ3v) is 2.74. The highest BCUT2D eigenvalue weighted by Gasteiger charge is 2.11. The molecule has 1 aromatic heterocycles. The van der Waals surface area contributed by atoms with Gasteiger partial charge in [0.2, 0.25) is 0 Å². The molecule has 3 N–H and O–H groups in total. The molecule has 2 aromatic rings. The molecule has 0 bridgehead atoms. The van der Waals surface area contributed by atoms with Crippen LogP contribution in [0.5, 0.6) is 11.5 Å². The van der Waals surface area contributed by atoms with Crippen molar-refractivity contribution in [1.82, 2.24) is 20.5 Å². The number of H-pyrrole nitrogens is 1. The Balaban J connectivity index is 2.02. The van der Waals surface area contributed by atoms with Gasteiger partial charge in [-0.25, -0.2) is 4.98 Å². The highest BCUT2D eigenvalue weighted by atomic mass is 16.5. The van der Waals surface area contributed by atoms with Gasteiger partial charge in [0, 0.05) is 12.1 Å². The average molecular weight is 248 g/mol. The number of phenolic OH excluding ortho intramolecular Hbond substituents is 1. The summed E-state index contributed by atoms with van der Waals surface area (Å²) in [6.07, 6.45) is 1.47. The van der Waals surface area contributed by atoms with Gasteiger partial charge in [-0.3, -0.25) is 5.10 Å². The molecule has 0 aliphatic heterocycles. The molecule has 0 aliphatic carbocycles. The lowest BCUT2D eigenvalue weighted by atomic mass is 10.1. The number of aromatic amines is 1. The minimum atomic E-state index is 0.0260. The van der Waals surface area contributed by atoms with E-state index in [1.165, 1.54) is 13.4 Å². The first-order valence-corrected chi connectivity index (χ1v) is 5.66. The van der Waals surface area contributed by atoms with Gasteiger partial charge in [-0.1, -0.05) is 12.1 Å². The van der Waals surface area contributed by atoms with Crippen LogP contribution < -0.4 is 10.1 Å². The van der Waals surface area contributed by atoms with Crippen LogP contribution in [0.3, 0.4) is 0 Å². The maximum atomic E-state index is 9.93. The second-order valence-corrected chi connectivity index (χ2v) is 3.94. The van der Waals surface area contributed by atoms with E-state index < -0.39 is 0 Å². The van der Waals surface area contributed by atoms with Crippen molar-refractivity contribution in [1.29, 1.82) is 0 Å². The van der Waals surface area contributed by atoms with E-state index in [9.17, 15) is 5.11 Å². The van der Waals surface area contributed by atoms with Crippen molar-refractivity contribution in [2.45, 2.75) is 19.5 Å². The molecular formula is C12H16N4O2. The van der Waals surface area contributed by atoms with Gasteiger partial charge in [0.25, 0.3) is 0 Å². The molecule has 6 nitrogen and oxygen atoms in total. The highest BCUT2D eigenvalue weighted by molar-refractivity contribution is 5.45. The fourth-order valence-electron chi connectivity index (χ4n) is 1.66. The lowest BCUT2D eigenvalue weighted by Crippen LogP contribution is -2.19. The Kier molecular flexibility index (Phi) is 3.78. The average Bonchev–Trinajstić information content (AvgIpc) is 2.91. The molecule has 1 unspecified atom stereocenters. The van der Waals surface area contributed by atoms with Crippen LogP contribution >= 0.6 is 0 Å². The van der Waals surface area contributed by atoms with E-state index in [1.54, 1.807) is 6.07 Å². The van der Waals surface area contributed by atoms with Crippen LogP contribution in [-0.4, -0.2) is 27.4 Å². The SMILES string of the molecule is COc1cccc(CNC(C)c2ncn[nH]2)c1O. The molecule has 0 radical (unpaired) electrons. The van der Waals surface area contributed by atoms with Crippen molar-refractivity contribution in [2.24, 2.45) is 0 Å². The lowest BCUT2D eigenvalue weighted by molar-refractivity contribution is 0.369. The van der Waals surface area contributed by atoms with Crippen LogP contribution in [-0.2, 0) is 6.54 Å². The second-order valence-electron chi connectivity index (χ2n) is 3.94. The Morgan fingerprint density at radius 1 is 1.50 bits per heavy atom. The Morgan fingerprint density at radius 2 is 2.33 bits per heavy atom. The van der Waals surface area contributed by atoms with E-state index in [4.69, 9.17) is 4.74 Å². The van der Waals surface area contributed by atoms with E-state index >= 15 is 0 Å². The quantitative estimate of drug-likeness (QED) is 0.744. The van der Waals surface area contributed by atoms with Crippen LogP contribution in [0.2, 0.25) is 0 Å². The van der Waals surface area contributed by atoms with E-state index in [-0.39, 0.29) is 11.8 Å². The monoisotopic (exact) mass is 248 g/mol. The minimum Gasteiger partial charge on any atom is -0.504 e. The van der Waals surface area contributed by atoms with Gasteiger partial charge in [0.05, 0.1) is 13.2 Å². The molecular weight excluding hydrogens is 232 g/mol. The first kappa shape index (κ1) is 12.4. The molecule has 0 fully saturated rings. The Morgan fingerprint density at radius 3 is 3.00 bits per heavy atom. The van der Waals surface area contributed by atoms with E-state index in [0.29, 0.717) is 12.3 Å². The number of hydrogen-bond acceptors (Lipinski definition) is 5. The van der Waals surface area contributed by atoms with Crippen LogP contribution in [0.15, 0.2) is 24.5 Å². The van der Waals surface area contributed by atoms with E-state index in [1.807, 2.05) is 19.1 Å². The van der Waals surface area contributed by atoms with Gasteiger partial charge >= 0.3 is 0 Å². The smallest absolute Gasteiger partial charge is 0.162 e. The maximum absolute atomic E-state index is 9.93. The predicted molar refractivity (Wildman–Crippen MR) is 66.3 cm³/mol. The number of nitrogens with zero attached hydrogens (tertiary/aromatic N) is 2. The van der Waals surface area contributed by atoms with Crippen molar-refractivity contribution >= 4 is 0 Å². The Hall–Kier alpha value is -2.08. The molecule has 1 heterocycles. The zero-order valence-electron chi connectivity index (χ0n) is 10.3. The molecule has 2 rings (SSSR count). The van der Waals surface area contributed by atoms with Crippen molar-refractivity contribution < 1.29 is 9.84 Å². The summed E-state index contributed by atoms with van der Waals surface area (Å²) < 4.78 is 5.06. The number of nitrogens with one attached hydrogen (secondary N) is 2. The number of ether oxygens (including phenoxy) is 1. The molecule has 6 heteroatoms. The molecule has 1 aromatic carbocycles. The number of methoxy groups -OCH3 is 1. The number of rotatable bonds is 5. The molecule has 0 aliphatic rings. The largest absolute Gasteiger partial charge is 0.504 e. The summed E-state index contributed by atoms with van der Waals surface area (Å²) in [5, 5.41) is 19.8. The number of hydrogen-bond donors (Lipinski definition) is 3. The summed E-state index contributed by atoms with van der Waals surface area (Å²) in [6.45, 7) is 2.49. The van der Waals surface area contributed by atoms with Gasteiger partial charge in [0.1, 0.15) is 12.2 Å². The van der Waals surface area contributed by atoms with Crippen LogP contribution in [0.25, 0.3) is 0 Å². The molecule has 96 valence electrons. The predicted octanol–water partition coefficient (Wildman–Crippen LogP) is 1.37. The standard InChI is InChI=1S/C12H16N4O2/c1-8(12-14-7-15-16-12)13-6-9-4-3-5-10(18-2)11(9)17/h3-5,7-8,13,17H,6H2,1-2H3,(H,14,15,16). The van der Waals surface area contributed by atoms with Crippen molar-refractivity contribution in [3.05, 3.63) is 35.9 Å². The fourth-order valence-corrected chi connectivity index (χ4v) is 1.66. The van der Waals surface area contributed by atoms with Gasteiger partial charge in [0.15, 0.2) is 11.5 Å². The zero-order valence-corrected chi connectivity index (χ0v) is 10.3. The van der Waals surface area contributed by atoms with E-state index in [2.05, 4.69) is 20.5 Å². The highest BCUT2D eigenvalue weighted by Crippen LogP contribution is 2.29. The molecule has 0 saturated carbocycles. The van der Waals surface area contributed by atoms with Crippen LogP contribution in [0.1, 0.15) is 24.4 Å². The number of phenols is 1. The summed E-state index contributed by atoms with van der Waals surface area (Å²) in [4.78, 5) is 4.07. The third-order valence-electron chi connectivity index (χ3n) is 2.74. The fraction of sp³-hybridized carbons (Fsp3) is 0.333. The van der Waals surface area contributed by atoms with Crippen molar-refractivity contribution in [3.8, 4) is 11.5 Å². The topological polar surface area (TPSA) is 83.1 Å². The minimum absolute atomic E-state index is 0.0260. The summed E-state index contributed by atoms with van der Waals surface area (Å²) in [6, 6.07) is 5.43. The van der Waals surface area contributed by atoms with Gasteiger partial charge in [-0.2, -0.15) is 5.10 Å². The Bertz CT molecular complexity index is 499. The normalized spacial score (nSPS) is 12.3. The molecule has 0 amide bonds. The van der Waals surface area contributed by atoms with Crippen molar-refractivity contribution in [3.63, 3.8) is 0 Å². The number of aromatic nitrogens is 3. The van der Waals surface area contributed by atoms with Gasteiger partial charge in [-0.15, -0.1) is 0 Å². The summed E-state index contributed by atoms with van der Waals surface area (Å²) in [5.41, 5.74) is 0.778. The number of aromatic hydroxyl groups is 1. The summed E-state index contributed by atoms with van der Waals surface area (Å²) in [5.74, 6) is 1.40. The van der Waals surface area contributed by atoms with Crippen LogP contribution in [0, 0.1) is 0 Å².